The molecule has 0 unspecified atom stereocenters. The molecule has 2 amide bonds. The molecule has 140 valence electrons. The molecule has 0 saturated carbocycles. The Balaban J connectivity index is 1.76. The lowest BCUT2D eigenvalue weighted by Crippen LogP contribution is -2.37. The van der Waals surface area contributed by atoms with Gasteiger partial charge in [-0.15, -0.1) is 0 Å². The molecule has 0 radical (unpaired) electrons. The van der Waals surface area contributed by atoms with Crippen LogP contribution in [0.15, 0.2) is 36.7 Å². The number of fused-ring (bicyclic) bond motifs is 1. The van der Waals surface area contributed by atoms with Gasteiger partial charge in [-0.3, -0.25) is 19.9 Å². The Hall–Kier alpha value is -2.62. The van der Waals surface area contributed by atoms with Crippen molar-refractivity contribution in [2.24, 2.45) is 0 Å². The van der Waals surface area contributed by atoms with Gasteiger partial charge in [-0.1, -0.05) is 6.92 Å². The number of carbonyl (C=O) groups is 2. The number of carbonyl (C=O) groups excluding carboxylic acids is 2. The van der Waals surface area contributed by atoms with Gasteiger partial charge in [-0.2, -0.15) is 0 Å². The Bertz CT molecular complexity index is 927. The third-order valence-electron chi connectivity index (χ3n) is 3.88. The molecule has 0 saturated heterocycles. The van der Waals surface area contributed by atoms with Crippen molar-refractivity contribution < 1.29 is 19.4 Å². The lowest BCUT2D eigenvalue weighted by atomic mass is 9.96. The van der Waals surface area contributed by atoms with Gasteiger partial charge in [0.1, 0.15) is 0 Å². The molecular weight excluding hydrogens is 461 g/mol. The number of nitrogens with zero attached hydrogens (tertiary/aromatic N) is 1. The van der Waals surface area contributed by atoms with Crippen LogP contribution < -0.4 is 15.4 Å². The van der Waals surface area contributed by atoms with Gasteiger partial charge in [-0.05, 0) is 47.2 Å². The second-order valence-electron chi connectivity index (χ2n) is 5.90. The summed E-state index contributed by atoms with van der Waals surface area (Å²) in [4.78, 5) is 28.4. The summed E-state index contributed by atoms with van der Waals surface area (Å²) in [6, 6.07) is 6.82. The van der Waals surface area contributed by atoms with Gasteiger partial charge in [0.2, 0.25) is 0 Å². The molecule has 0 bridgehead atoms. The molecule has 2 heterocycles. The molecule has 8 heteroatoms. The summed E-state index contributed by atoms with van der Waals surface area (Å²) >= 11 is 2.13. The molecule has 0 spiro atoms. The predicted molar refractivity (Wildman–Crippen MR) is 108 cm³/mol. The highest BCUT2D eigenvalue weighted by Gasteiger charge is 2.27. The molecule has 1 aliphatic heterocycles. The maximum absolute atomic E-state index is 12.2. The van der Waals surface area contributed by atoms with E-state index in [2.05, 4.69) is 38.2 Å². The van der Waals surface area contributed by atoms with Crippen molar-refractivity contribution in [1.29, 1.82) is 0 Å². The second-order valence-corrected chi connectivity index (χ2v) is 7.15. The Morgan fingerprint density at radius 1 is 1.26 bits per heavy atom. The van der Waals surface area contributed by atoms with Crippen LogP contribution in [0.5, 0.6) is 11.5 Å². The lowest BCUT2D eigenvalue weighted by Gasteiger charge is -2.18. The summed E-state index contributed by atoms with van der Waals surface area (Å²) < 4.78 is 6.31. The molecule has 1 aliphatic rings. The first kappa shape index (κ1) is 19.2. The molecule has 3 N–H and O–H groups in total. The van der Waals surface area contributed by atoms with Crippen LogP contribution >= 0.6 is 22.6 Å². The van der Waals surface area contributed by atoms with Crippen molar-refractivity contribution in [3.8, 4) is 11.5 Å². The quantitative estimate of drug-likeness (QED) is 0.335. The van der Waals surface area contributed by atoms with E-state index < -0.39 is 11.8 Å². The molecule has 1 aromatic heterocycles. The molecule has 1 aromatic carbocycles. The van der Waals surface area contributed by atoms with Gasteiger partial charge in [0.15, 0.2) is 11.5 Å². The third-order valence-corrected chi connectivity index (χ3v) is 4.55. The van der Waals surface area contributed by atoms with E-state index in [1.165, 1.54) is 12.3 Å². The van der Waals surface area contributed by atoms with E-state index in [-0.39, 0.29) is 5.75 Å². The summed E-state index contributed by atoms with van der Waals surface area (Å²) in [6.07, 6.45) is 3.86. The standard InChI is InChI=1S/C19H18IN3O4/c1-2-5-27-17-10-22-12(7-16(17)24)8-21-9-15-14-6-11(20)3-4-13(14)18(25)23-19(15)26/h3-4,6-7,9-10,21H,2,5,8H2,1H3,(H,22,24)(H,23,25,26). The summed E-state index contributed by atoms with van der Waals surface area (Å²) in [5.74, 6) is -0.504. The maximum atomic E-state index is 12.2. The average molecular weight is 479 g/mol. The number of ether oxygens (including phenoxy) is 1. The SMILES string of the molecule is CCCOc1cnc(CNC=C2C(=O)NC(=O)c3ccc(I)cc32)cc1O. The van der Waals surface area contributed by atoms with Crippen LogP contribution in [0.25, 0.3) is 5.57 Å². The van der Waals surface area contributed by atoms with E-state index in [1.54, 1.807) is 18.3 Å². The predicted octanol–water partition coefficient (Wildman–Crippen LogP) is 2.58. The van der Waals surface area contributed by atoms with Crippen molar-refractivity contribution in [3.05, 3.63) is 57.1 Å². The van der Waals surface area contributed by atoms with Crippen molar-refractivity contribution in [2.45, 2.75) is 19.9 Å². The number of hydrogen-bond donors (Lipinski definition) is 3. The van der Waals surface area contributed by atoms with Crippen molar-refractivity contribution in [2.75, 3.05) is 6.61 Å². The Kier molecular flexibility index (Phi) is 5.94. The smallest absolute Gasteiger partial charge is 0.260 e. The molecule has 0 fully saturated rings. The van der Waals surface area contributed by atoms with Crippen LogP contribution in [0.3, 0.4) is 0 Å². The summed E-state index contributed by atoms with van der Waals surface area (Å²) in [7, 11) is 0. The molecular formula is C19H18IN3O4. The second kappa shape index (κ2) is 8.38. The van der Waals surface area contributed by atoms with Crippen LogP contribution in [0.4, 0.5) is 0 Å². The van der Waals surface area contributed by atoms with E-state index in [4.69, 9.17) is 4.74 Å². The van der Waals surface area contributed by atoms with E-state index in [0.717, 1.165) is 9.99 Å². The molecule has 27 heavy (non-hydrogen) atoms. The zero-order valence-electron chi connectivity index (χ0n) is 14.6. The zero-order chi connectivity index (χ0) is 19.4. The van der Waals surface area contributed by atoms with Gasteiger partial charge < -0.3 is 15.2 Å². The van der Waals surface area contributed by atoms with E-state index in [9.17, 15) is 14.7 Å². The highest BCUT2D eigenvalue weighted by atomic mass is 127. The number of amides is 2. The fraction of sp³-hybridized carbons (Fsp3) is 0.211. The first-order valence-electron chi connectivity index (χ1n) is 8.39. The van der Waals surface area contributed by atoms with E-state index in [0.29, 0.717) is 41.3 Å². The minimum atomic E-state index is -0.457. The van der Waals surface area contributed by atoms with Gasteiger partial charge >= 0.3 is 0 Å². The first-order valence-corrected chi connectivity index (χ1v) is 9.47. The Morgan fingerprint density at radius 2 is 2.07 bits per heavy atom. The van der Waals surface area contributed by atoms with E-state index >= 15 is 0 Å². The monoisotopic (exact) mass is 479 g/mol. The van der Waals surface area contributed by atoms with Crippen LogP contribution in [-0.4, -0.2) is 28.5 Å². The molecule has 2 aromatic rings. The molecule has 7 nitrogen and oxygen atoms in total. The minimum absolute atomic E-state index is 0.0174. The van der Waals surface area contributed by atoms with Crippen LogP contribution in [0.1, 0.15) is 35.0 Å². The maximum Gasteiger partial charge on any atom is 0.260 e. The van der Waals surface area contributed by atoms with E-state index in [1.807, 2.05) is 13.0 Å². The van der Waals surface area contributed by atoms with Crippen molar-refractivity contribution >= 4 is 40.0 Å². The largest absolute Gasteiger partial charge is 0.504 e. The number of benzene rings is 1. The number of hydrogen-bond acceptors (Lipinski definition) is 6. The normalized spacial score (nSPS) is 14.7. The van der Waals surface area contributed by atoms with Gasteiger partial charge in [0, 0.05) is 27.0 Å². The number of halogens is 1. The minimum Gasteiger partial charge on any atom is -0.504 e. The van der Waals surface area contributed by atoms with Gasteiger partial charge in [0.05, 0.1) is 30.6 Å². The summed E-state index contributed by atoms with van der Waals surface area (Å²) in [5.41, 5.74) is 2.00. The Morgan fingerprint density at radius 3 is 2.81 bits per heavy atom. The topological polar surface area (TPSA) is 101 Å². The average Bonchev–Trinajstić information content (AvgIpc) is 2.63. The van der Waals surface area contributed by atoms with Crippen LogP contribution in [0, 0.1) is 3.57 Å². The Labute approximate surface area is 170 Å². The summed E-state index contributed by atoms with van der Waals surface area (Å²) in [5, 5.41) is 15.3. The van der Waals surface area contributed by atoms with Crippen LogP contribution in [-0.2, 0) is 11.3 Å². The fourth-order valence-electron chi connectivity index (χ4n) is 2.59. The number of aromatic hydroxyl groups is 1. The number of rotatable bonds is 6. The number of pyridine rings is 1. The number of aromatic nitrogens is 1. The molecule has 0 atom stereocenters. The lowest BCUT2D eigenvalue weighted by molar-refractivity contribution is -0.114. The fourth-order valence-corrected chi connectivity index (χ4v) is 3.08. The van der Waals surface area contributed by atoms with Gasteiger partial charge in [0.25, 0.3) is 11.8 Å². The highest BCUT2D eigenvalue weighted by molar-refractivity contribution is 14.1. The number of nitrogens with one attached hydrogen (secondary N) is 2. The van der Waals surface area contributed by atoms with Gasteiger partial charge in [-0.25, -0.2) is 0 Å². The van der Waals surface area contributed by atoms with Crippen molar-refractivity contribution in [1.82, 2.24) is 15.6 Å². The third kappa shape index (κ3) is 4.38. The molecule has 0 aliphatic carbocycles. The first-order chi connectivity index (χ1) is 13.0. The van der Waals surface area contributed by atoms with Crippen molar-refractivity contribution in [3.63, 3.8) is 0 Å². The zero-order valence-corrected chi connectivity index (χ0v) is 16.7. The molecule has 3 rings (SSSR count). The van der Waals surface area contributed by atoms with Crippen LogP contribution in [0.2, 0.25) is 0 Å². The summed E-state index contributed by atoms with van der Waals surface area (Å²) in [6.45, 7) is 2.78. The highest BCUT2D eigenvalue weighted by Crippen LogP contribution is 2.26. The number of imide groups is 1.